The van der Waals surface area contributed by atoms with Gasteiger partial charge in [-0.1, -0.05) is 18.2 Å². The number of anilines is 1. The summed E-state index contributed by atoms with van der Waals surface area (Å²) in [6, 6.07) is 7.83. The SMILES string of the molecule is COCC(=O)N[C@H]1C[C@H]2C(=O)NC[C@@H](CCC(=O)N3CCc4ccccc43)N2C1. The molecule has 0 spiro atoms. The first-order valence-corrected chi connectivity index (χ1v) is 10.3. The van der Waals surface area contributed by atoms with Crippen LogP contribution in [0.4, 0.5) is 5.69 Å². The summed E-state index contributed by atoms with van der Waals surface area (Å²) in [6.07, 6.45) is 2.62. The molecule has 8 heteroatoms. The Bertz CT molecular complexity index is 799. The van der Waals surface area contributed by atoms with Crippen molar-refractivity contribution in [1.29, 1.82) is 0 Å². The molecule has 3 heterocycles. The summed E-state index contributed by atoms with van der Waals surface area (Å²) < 4.78 is 4.87. The van der Waals surface area contributed by atoms with Crippen molar-refractivity contribution in [3.63, 3.8) is 0 Å². The molecule has 0 saturated carbocycles. The van der Waals surface area contributed by atoms with Crippen LogP contribution in [0.2, 0.25) is 0 Å². The van der Waals surface area contributed by atoms with Crippen molar-refractivity contribution in [2.75, 3.05) is 38.3 Å². The van der Waals surface area contributed by atoms with E-state index < -0.39 is 0 Å². The average Bonchev–Trinajstić information content (AvgIpc) is 3.32. The molecule has 3 aliphatic rings. The largest absolute Gasteiger partial charge is 0.375 e. The van der Waals surface area contributed by atoms with Crippen LogP contribution < -0.4 is 15.5 Å². The highest BCUT2D eigenvalue weighted by Crippen LogP contribution is 2.29. The minimum absolute atomic E-state index is 0.00420. The predicted octanol–water partition coefficient (Wildman–Crippen LogP) is 0.0598. The minimum atomic E-state index is -0.246. The van der Waals surface area contributed by atoms with E-state index in [9.17, 15) is 14.4 Å². The van der Waals surface area contributed by atoms with Gasteiger partial charge >= 0.3 is 0 Å². The van der Waals surface area contributed by atoms with E-state index in [1.54, 1.807) is 0 Å². The molecule has 1 aromatic carbocycles. The second kappa shape index (κ2) is 8.51. The molecule has 0 radical (unpaired) electrons. The number of hydrogen-bond acceptors (Lipinski definition) is 5. The van der Waals surface area contributed by atoms with E-state index >= 15 is 0 Å². The summed E-state index contributed by atoms with van der Waals surface area (Å²) in [7, 11) is 1.48. The maximum absolute atomic E-state index is 12.8. The summed E-state index contributed by atoms with van der Waals surface area (Å²) in [4.78, 5) is 41.0. The summed E-state index contributed by atoms with van der Waals surface area (Å²) in [5, 5.41) is 5.91. The second-order valence-corrected chi connectivity index (χ2v) is 8.01. The van der Waals surface area contributed by atoms with Crippen LogP contribution >= 0.6 is 0 Å². The average molecular weight is 400 g/mol. The van der Waals surface area contributed by atoms with Gasteiger partial charge in [-0.25, -0.2) is 0 Å². The normalized spacial score (nSPS) is 26.0. The van der Waals surface area contributed by atoms with Crippen molar-refractivity contribution < 1.29 is 19.1 Å². The number of amides is 3. The fraction of sp³-hybridized carbons (Fsp3) is 0.571. The first kappa shape index (κ1) is 19.8. The number of piperazine rings is 1. The minimum Gasteiger partial charge on any atom is -0.375 e. The van der Waals surface area contributed by atoms with Crippen LogP contribution in [-0.4, -0.2) is 74.1 Å². The van der Waals surface area contributed by atoms with E-state index in [4.69, 9.17) is 4.74 Å². The first-order valence-electron chi connectivity index (χ1n) is 10.3. The number of benzene rings is 1. The molecule has 1 aromatic rings. The number of para-hydroxylation sites is 1. The van der Waals surface area contributed by atoms with Crippen molar-refractivity contribution >= 4 is 23.4 Å². The quantitative estimate of drug-likeness (QED) is 0.705. The number of rotatable bonds is 6. The van der Waals surface area contributed by atoms with Crippen LogP contribution in [0.3, 0.4) is 0 Å². The van der Waals surface area contributed by atoms with Gasteiger partial charge in [0, 0.05) is 50.9 Å². The topological polar surface area (TPSA) is 91.0 Å². The molecular formula is C21H28N4O4. The molecule has 0 bridgehead atoms. The van der Waals surface area contributed by atoms with E-state index in [1.165, 1.54) is 12.7 Å². The predicted molar refractivity (Wildman–Crippen MR) is 107 cm³/mol. The van der Waals surface area contributed by atoms with Gasteiger partial charge in [0.2, 0.25) is 17.7 Å². The lowest BCUT2D eigenvalue weighted by Crippen LogP contribution is -2.58. The molecule has 156 valence electrons. The number of nitrogens with zero attached hydrogens (tertiary/aromatic N) is 2. The van der Waals surface area contributed by atoms with E-state index in [-0.39, 0.29) is 42.5 Å². The highest BCUT2D eigenvalue weighted by molar-refractivity contribution is 5.95. The molecule has 0 aromatic heterocycles. The fourth-order valence-electron chi connectivity index (χ4n) is 4.77. The molecule has 2 saturated heterocycles. The summed E-state index contributed by atoms with van der Waals surface area (Å²) in [5.74, 6) is -0.0331. The smallest absolute Gasteiger partial charge is 0.246 e. The number of carbonyl (C=O) groups excluding carboxylic acids is 3. The Kier molecular flexibility index (Phi) is 5.82. The third-order valence-corrected chi connectivity index (χ3v) is 6.14. The van der Waals surface area contributed by atoms with Gasteiger partial charge in [0.1, 0.15) is 6.61 Å². The molecule has 3 amide bonds. The highest BCUT2D eigenvalue weighted by atomic mass is 16.5. The van der Waals surface area contributed by atoms with Gasteiger partial charge in [0.05, 0.1) is 6.04 Å². The van der Waals surface area contributed by atoms with Crippen molar-refractivity contribution in [3.05, 3.63) is 29.8 Å². The van der Waals surface area contributed by atoms with Gasteiger partial charge < -0.3 is 20.3 Å². The lowest BCUT2D eigenvalue weighted by Gasteiger charge is -2.37. The molecule has 4 rings (SSSR count). The third-order valence-electron chi connectivity index (χ3n) is 6.14. The van der Waals surface area contributed by atoms with E-state index in [0.29, 0.717) is 32.4 Å². The Balaban J connectivity index is 1.35. The fourth-order valence-corrected chi connectivity index (χ4v) is 4.77. The van der Waals surface area contributed by atoms with E-state index in [0.717, 1.165) is 18.7 Å². The second-order valence-electron chi connectivity index (χ2n) is 8.01. The van der Waals surface area contributed by atoms with Gasteiger partial charge in [-0.15, -0.1) is 0 Å². The van der Waals surface area contributed by atoms with Gasteiger partial charge in [-0.05, 0) is 30.9 Å². The maximum atomic E-state index is 12.8. The molecule has 2 N–H and O–H groups in total. The maximum Gasteiger partial charge on any atom is 0.246 e. The molecule has 3 atom stereocenters. The number of nitrogens with one attached hydrogen (secondary N) is 2. The number of ether oxygens (including phenoxy) is 1. The van der Waals surface area contributed by atoms with Crippen molar-refractivity contribution in [2.45, 2.75) is 43.8 Å². The third kappa shape index (κ3) is 4.13. The zero-order valence-corrected chi connectivity index (χ0v) is 16.7. The van der Waals surface area contributed by atoms with Crippen molar-refractivity contribution in [3.8, 4) is 0 Å². The Labute approximate surface area is 170 Å². The number of hydrogen-bond donors (Lipinski definition) is 2. The van der Waals surface area contributed by atoms with E-state index in [2.05, 4.69) is 21.6 Å². The summed E-state index contributed by atoms with van der Waals surface area (Å²) in [5.41, 5.74) is 2.24. The molecule has 29 heavy (non-hydrogen) atoms. The van der Waals surface area contributed by atoms with Crippen molar-refractivity contribution in [1.82, 2.24) is 15.5 Å². The van der Waals surface area contributed by atoms with Crippen LogP contribution in [0.1, 0.15) is 24.8 Å². The Morgan fingerprint density at radius 2 is 2.14 bits per heavy atom. The molecule has 2 fully saturated rings. The van der Waals surface area contributed by atoms with Crippen LogP contribution in [0.5, 0.6) is 0 Å². The lowest BCUT2D eigenvalue weighted by atomic mass is 10.0. The van der Waals surface area contributed by atoms with Crippen LogP contribution in [0.25, 0.3) is 0 Å². The number of fused-ring (bicyclic) bond motifs is 2. The number of methoxy groups -OCH3 is 1. The molecule has 8 nitrogen and oxygen atoms in total. The van der Waals surface area contributed by atoms with E-state index in [1.807, 2.05) is 23.1 Å². The van der Waals surface area contributed by atoms with Gasteiger partial charge in [-0.3, -0.25) is 19.3 Å². The zero-order valence-electron chi connectivity index (χ0n) is 16.7. The lowest BCUT2D eigenvalue weighted by molar-refractivity contribution is -0.129. The monoisotopic (exact) mass is 400 g/mol. The number of carbonyl (C=O) groups is 3. The summed E-state index contributed by atoms with van der Waals surface area (Å²) in [6.45, 7) is 1.92. The van der Waals surface area contributed by atoms with Crippen LogP contribution in [0.15, 0.2) is 24.3 Å². The van der Waals surface area contributed by atoms with Gasteiger partial charge in [0.25, 0.3) is 0 Å². The molecule has 3 aliphatic heterocycles. The standard InChI is InChI=1S/C21H28N4O4/c1-29-13-19(26)23-15-10-18-21(28)22-11-16(25(18)12-15)6-7-20(27)24-9-8-14-4-2-3-5-17(14)24/h2-5,15-16,18H,6-13H2,1H3,(H,22,28)(H,23,26)/t15-,16+,18-/m0/s1. The summed E-state index contributed by atoms with van der Waals surface area (Å²) >= 11 is 0. The highest BCUT2D eigenvalue weighted by Gasteiger charge is 2.43. The van der Waals surface area contributed by atoms with Gasteiger partial charge in [-0.2, -0.15) is 0 Å². The Hall–Kier alpha value is -2.45. The zero-order chi connectivity index (χ0) is 20.4. The Morgan fingerprint density at radius 1 is 1.31 bits per heavy atom. The van der Waals surface area contributed by atoms with Gasteiger partial charge in [0.15, 0.2) is 0 Å². The first-order chi connectivity index (χ1) is 14.1. The molecule has 0 unspecified atom stereocenters. The van der Waals surface area contributed by atoms with Crippen LogP contribution in [0, 0.1) is 0 Å². The molecule has 0 aliphatic carbocycles. The molecular weight excluding hydrogens is 372 g/mol. The van der Waals surface area contributed by atoms with Crippen molar-refractivity contribution in [2.24, 2.45) is 0 Å². The van der Waals surface area contributed by atoms with Crippen LogP contribution in [-0.2, 0) is 25.5 Å². The Morgan fingerprint density at radius 3 is 2.97 bits per heavy atom.